The highest BCUT2D eigenvalue weighted by molar-refractivity contribution is 5.85. The summed E-state index contributed by atoms with van der Waals surface area (Å²) in [4.78, 5) is 20.1. The number of anilines is 1. The van der Waals surface area contributed by atoms with E-state index in [9.17, 15) is 9.90 Å². The first-order chi connectivity index (χ1) is 9.69. The Bertz CT molecular complexity index is 657. The smallest absolute Gasteiger partial charge is 0.241 e. The molecule has 0 atom stereocenters. The summed E-state index contributed by atoms with van der Waals surface area (Å²) in [5.74, 6) is 0.794. The minimum atomic E-state index is -0.0757. The highest BCUT2D eigenvalue weighted by Crippen LogP contribution is 2.24. The average molecular weight is 271 g/mol. The second-order valence-corrected chi connectivity index (χ2v) is 5.06. The van der Waals surface area contributed by atoms with Crippen molar-refractivity contribution in [2.45, 2.75) is 6.61 Å². The van der Waals surface area contributed by atoms with Gasteiger partial charge < -0.3 is 14.9 Å². The van der Waals surface area contributed by atoms with Gasteiger partial charge in [-0.1, -0.05) is 18.2 Å². The van der Waals surface area contributed by atoms with Gasteiger partial charge in [-0.3, -0.25) is 4.79 Å². The molecule has 0 radical (unpaired) electrons. The van der Waals surface area contributed by atoms with Crippen molar-refractivity contribution in [2.75, 3.05) is 31.6 Å². The Kier molecular flexibility index (Phi) is 3.28. The lowest BCUT2D eigenvalue weighted by Gasteiger charge is -2.33. The summed E-state index contributed by atoms with van der Waals surface area (Å²) in [6, 6.07) is 9.75. The number of aliphatic hydroxyl groups excluding tert-OH is 1. The van der Waals surface area contributed by atoms with Gasteiger partial charge in [0.15, 0.2) is 0 Å². The number of aliphatic hydroxyl groups is 1. The van der Waals surface area contributed by atoms with Gasteiger partial charge in [0.25, 0.3) is 0 Å². The van der Waals surface area contributed by atoms with Crippen LogP contribution in [-0.2, 0) is 11.4 Å². The number of benzene rings is 1. The third-order valence-corrected chi connectivity index (χ3v) is 3.71. The molecule has 1 aliphatic heterocycles. The number of hydrogen-bond acceptors (Lipinski definition) is 4. The van der Waals surface area contributed by atoms with Crippen LogP contribution in [0.25, 0.3) is 10.9 Å². The van der Waals surface area contributed by atoms with E-state index in [0.29, 0.717) is 18.9 Å². The number of amides is 1. The van der Waals surface area contributed by atoms with Crippen LogP contribution >= 0.6 is 0 Å². The maximum absolute atomic E-state index is 11.8. The number of hydrogen-bond donors (Lipinski definition) is 1. The van der Waals surface area contributed by atoms with Gasteiger partial charge in [-0.25, -0.2) is 4.98 Å². The van der Waals surface area contributed by atoms with Crippen molar-refractivity contribution >= 4 is 22.6 Å². The van der Waals surface area contributed by atoms with Crippen LogP contribution < -0.4 is 4.90 Å². The number of likely N-dealkylation sites (N-methyl/N-ethyl adjacent to an activating group) is 1. The number of carbonyl (C=O) groups excluding carboxylic acids is 1. The molecule has 5 heteroatoms. The number of aromatic nitrogens is 1. The molecular formula is C15H17N3O2. The summed E-state index contributed by atoms with van der Waals surface area (Å²) < 4.78 is 0. The molecule has 1 saturated heterocycles. The lowest BCUT2D eigenvalue weighted by Crippen LogP contribution is -2.49. The molecule has 0 unspecified atom stereocenters. The number of carbonyl (C=O) groups is 1. The number of nitrogens with zero attached hydrogens (tertiary/aromatic N) is 3. The van der Waals surface area contributed by atoms with Crippen LogP contribution in [0.4, 0.5) is 5.82 Å². The quantitative estimate of drug-likeness (QED) is 0.885. The number of pyridine rings is 1. The second-order valence-electron chi connectivity index (χ2n) is 5.06. The van der Waals surface area contributed by atoms with E-state index in [0.717, 1.165) is 23.0 Å². The SMILES string of the molecule is CN1CCN(c2nc3ccccc3cc2CO)CC1=O. The summed E-state index contributed by atoms with van der Waals surface area (Å²) in [7, 11) is 1.81. The molecule has 1 amide bonds. The van der Waals surface area contributed by atoms with Crippen LogP contribution in [0.5, 0.6) is 0 Å². The monoisotopic (exact) mass is 271 g/mol. The molecule has 0 bridgehead atoms. The predicted octanol–water partition coefficient (Wildman–Crippen LogP) is 1.01. The Morgan fingerprint density at radius 1 is 1.30 bits per heavy atom. The fraction of sp³-hybridized carbons (Fsp3) is 0.333. The molecule has 1 aliphatic rings. The van der Waals surface area contributed by atoms with Crippen LogP contribution in [0.1, 0.15) is 5.56 Å². The van der Waals surface area contributed by atoms with Crippen molar-refractivity contribution < 1.29 is 9.90 Å². The molecule has 0 aliphatic carbocycles. The van der Waals surface area contributed by atoms with E-state index >= 15 is 0 Å². The molecule has 1 aromatic carbocycles. The first-order valence-electron chi connectivity index (χ1n) is 6.67. The zero-order valence-electron chi connectivity index (χ0n) is 11.4. The van der Waals surface area contributed by atoms with E-state index in [1.807, 2.05) is 35.2 Å². The maximum Gasteiger partial charge on any atom is 0.241 e. The number of fused-ring (bicyclic) bond motifs is 1. The average Bonchev–Trinajstić information content (AvgIpc) is 2.48. The van der Waals surface area contributed by atoms with Gasteiger partial charge >= 0.3 is 0 Å². The van der Waals surface area contributed by atoms with Crippen molar-refractivity contribution in [2.24, 2.45) is 0 Å². The van der Waals surface area contributed by atoms with Crippen molar-refractivity contribution in [3.8, 4) is 0 Å². The van der Waals surface area contributed by atoms with E-state index < -0.39 is 0 Å². The Morgan fingerprint density at radius 3 is 2.85 bits per heavy atom. The van der Waals surface area contributed by atoms with E-state index in [2.05, 4.69) is 4.98 Å². The Hall–Kier alpha value is -2.14. The van der Waals surface area contributed by atoms with E-state index in [4.69, 9.17) is 0 Å². The Balaban J connectivity index is 2.03. The molecule has 2 heterocycles. The zero-order valence-corrected chi connectivity index (χ0v) is 11.4. The Labute approximate surface area is 117 Å². The fourth-order valence-corrected chi connectivity index (χ4v) is 2.48. The lowest BCUT2D eigenvalue weighted by atomic mass is 10.1. The van der Waals surface area contributed by atoms with Crippen molar-refractivity contribution in [1.29, 1.82) is 0 Å². The highest BCUT2D eigenvalue weighted by atomic mass is 16.3. The molecule has 0 spiro atoms. The summed E-state index contributed by atoms with van der Waals surface area (Å²) >= 11 is 0. The second kappa shape index (κ2) is 5.09. The summed E-state index contributed by atoms with van der Waals surface area (Å²) in [6.45, 7) is 1.65. The van der Waals surface area contributed by atoms with Crippen LogP contribution in [0.3, 0.4) is 0 Å². The van der Waals surface area contributed by atoms with E-state index in [1.165, 1.54) is 0 Å². The summed E-state index contributed by atoms with van der Waals surface area (Å²) in [6.07, 6.45) is 0. The van der Waals surface area contributed by atoms with Crippen molar-refractivity contribution in [3.05, 3.63) is 35.9 Å². The lowest BCUT2D eigenvalue weighted by molar-refractivity contribution is -0.129. The third-order valence-electron chi connectivity index (χ3n) is 3.71. The van der Waals surface area contributed by atoms with Gasteiger partial charge in [-0.2, -0.15) is 0 Å². The van der Waals surface area contributed by atoms with E-state index in [-0.39, 0.29) is 12.5 Å². The molecule has 3 rings (SSSR count). The van der Waals surface area contributed by atoms with Gasteiger partial charge in [-0.05, 0) is 12.1 Å². The molecule has 5 nitrogen and oxygen atoms in total. The normalized spacial score (nSPS) is 16.0. The number of piperazine rings is 1. The summed E-state index contributed by atoms with van der Waals surface area (Å²) in [5.41, 5.74) is 1.65. The largest absolute Gasteiger partial charge is 0.392 e. The molecule has 2 aromatic rings. The number of para-hydroxylation sites is 1. The molecular weight excluding hydrogens is 254 g/mol. The Morgan fingerprint density at radius 2 is 2.10 bits per heavy atom. The zero-order chi connectivity index (χ0) is 14.1. The van der Waals surface area contributed by atoms with Crippen molar-refractivity contribution in [3.63, 3.8) is 0 Å². The molecule has 1 aromatic heterocycles. The maximum atomic E-state index is 11.8. The van der Waals surface area contributed by atoms with Crippen LogP contribution in [0.15, 0.2) is 30.3 Å². The van der Waals surface area contributed by atoms with E-state index in [1.54, 1.807) is 11.9 Å². The first kappa shape index (κ1) is 12.9. The van der Waals surface area contributed by atoms with Gasteiger partial charge in [0.2, 0.25) is 5.91 Å². The number of rotatable bonds is 2. The molecule has 1 N–H and O–H groups in total. The first-order valence-corrected chi connectivity index (χ1v) is 6.67. The van der Waals surface area contributed by atoms with Crippen LogP contribution in [0, 0.1) is 0 Å². The van der Waals surface area contributed by atoms with Gasteiger partial charge in [-0.15, -0.1) is 0 Å². The fourth-order valence-electron chi connectivity index (χ4n) is 2.48. The third kappa shape index (κ3) is 2.20. The minimum absolute atomic E-state index is 0.0757. The standard InChI is InChI=1S/C15H17N3O2/c1-17-6-7-18(9-14(17)20)15-12(10-19)8-11-4-2-3-5-13(11)16-15/h2-5,8,19H,6-7,9-10H2,1H3. The topological polar surface area (TPSA) is 56.7 Å². The van der Waals surface area contributed by atoms with Crippen LogP contribution in [0.2, 0.25) is 0 Å². The molecule has 1 fully saturated rings. The van der Waals surface area contributed by atoms with Gasteiger partial charge in [0.05, 0.1) is 18.7 Å². The predicted molar refractivity (Wildman–Crippen MR) is 77.5 cm³/mol. The summed E-state index contributed by atoms with van der Waals surface area (Å²) in [5, 5.41) is 10.6. The van der Waals surface area contributed by atoms with Gasteiger partial charge in [0, 0.05) is 31.1 Å². The minimum Gasteiger partial charge on any atom is -0.392 e. The van der Waals surface area contributed by atoms with Crippen molar-refractivity contribution in [1.82, 2.24) is 9.88 Å². The molecule has 0 saturated carbocycles. The highest BCUT2D eigenvalue weighted by Gasteiger charge is 2.23. The van der Waals surface area contributed by atoms with Gasteiger partial charge in [0.1, 0.15) is 5.82 Å². The molecule has 20 heavy (non-hydrogen) atoms. The molecule has 104 valence electrons. The van der Waals surface area contributed by atoms with Crippen LogP contribution in [-0.4, -0.2) is 47.6 Å².